The van der Waals surface area contributed by atoms with E-state index in [1.807, 2.05) is 29.6 Å². The van der Waals surface area contributed by atoms with Crippen molar-refractivity contribution >= 4 is 38.7 Å². The van der Waals surface area contributed by atoms with Gasteiger partial charge in [0.15, 0.2) is 0 Å². The number of nitro groups is 1. The number of nitrogens with two attached hydrogens (primary N) is 1. The number of amides is 1. The molecule has 1 aromatic heterocycles. The molecule has 0 aliphatic carbocycles. The van der Waals surface area contributed by atoms with Crippen LogP contribution in [0.5, 0.6) is 0 Å². The first-order chi connectivity index (χ1) is 11.1. The number of fused-ring (bicyclic) bond motifs is 1. The standard InChI is InChI=1S/C16H13N3O3S/c17-16(20)11-4-5-12(14(8-11)19(21)22)9-18-13-3-1-2-10-6-7-23-15(10)13/h1-8,18H,9H2,(H2,17,20). The van der Waals surface area contributed by atoms with E-state index < -0.39 is 10.8 Å². The van der Waals surface area contributed by atoms with Gasteiger partial charge in [-0.05, 0) is 35.0 Å². The maximum Gasteiger partial charge on any atom is 0.275 e. The van der Waals surface area contributed by atoms with Crippen LogP contribution >= 0.6 is 11.3 Å². The van der Waals surface area contributed by atoms with Crippen LogP contribution in [0.1, 0.15) is 15.9 Å². The number of nitrogens with one attached hydrogen (secondary N) is 1. The van der Waals surface area contributed by atoms with Crippen LogP contribution in [0.15, 0.2) is 47.8 Å². The van der Waals surface area contributed by atoms with Crippen molar-refractivity contribution in [2.24, 2.45) is 5.73 Å². The molecule has 0 aliphatic heterocycles. The highest BCUT2D eigenvalue weighted by Crippen LogP contribution is 2.29. The summed E-state index contributed by atoms with van der Waals surface area (Å²) in [5.41, 5.74) is 6.60. The second kappa shape index (κ2) is 6.05. The summed E-state index contributed by atoms with van der Waals surface area (Å²) in [4.78, 5) is 21.9. The summed E-state index contributed by atoms with van der Waals surface area (Å²) in [5, 5.41) is 17.6. The summed E-state index contributed by atoms with van der Waals surface area (Å²) in [5.74, 6) is -0.684. The van der Waals surface area contributed by atoms with Gasteiger partial charge in [-0.2, -0.15) is 0 Å². The van der Waals surface area contributed by atoms with E-state index in [1.54, 1.807) is 17.4 Å². The molecule has 0 spiro atoms. The van der Waals surface area contributed by atoms with Crippen LogP contribution in [0.2, 0.25) is 0 Å². The number of primary amides is 1. The lowest BCUT2D eigenvalue weighted by atomic mass is 10.1. The number of thiophene rings is 1. The van der Waals surface area contributed by atoms with Crippen molar-refractivity contribution in [1.82, 2.24) is 0 Å². The Morgan fingerprint density at radius 3 is 2.83 bits per heavy atom. The number of carbonyl (C=O) groups is 1. The predicted octanol–water partition coefficient (Wildman–Crippen LogP) is 3.52. The lowest BCUT2D eigenvalue weighted by molar-refractivity contribution is -0.385. The lowest BCUT2D eigenvalue weighted by Crippen LogP contribution is -2.12. The molecule has 1 amide bonds. The van der Waals surface area contributed by atoms with Crippen LogP contribution in [0.25, 0.3) is 10.1 Å². The Morgan fingerprint density at radius 2 is 2.09 bits per heavy atom. The summed E-state index contributed by atoms with van der Waals surface area (Å²) in [7, 11) is 0. The fraction of sp³-hybridized carbons (Fsp3) is 0.0625. The highest BCUT2D eigenvalue weighted by molar-refractivity contribution is 7.17. The van der Waals surface area contributed by atoms with Crippen LogP contribution < -0.4 is 11.1 Å². The molecule has 2 aromatic carbocycles. The third kappa shape index (κ3) is 3.00. The van der Waals surface area contributed by atoms with E-state index in [0.717, 1.165) is 15.8 Å². The Morgan fingerprint density at radius 1 is 1.26 bits per heavy atom. The van der Waals surface area contributed by atoms with Gasteiger partial charge in [0.1, 0.15) is 0 Å². The highest BCUT2D eigenvalue weighted by Gasteiger charge is 2.16. The summed E-state index contributed by atoms with van der Waals surface area (Å²) in [6.45, 7) is 0.284. The Labute approximate surface area is 135 Å². The zero-order chi connectivity index (χ0) is 16.4. The molecular formula is C16H13N3O3S. The van der Waals surface area contributed by atoms with E-state index in [9.17, 15) is 14.9 Å². The van der Waals surface area contributed by atoms with Crippen LogP contribution in [0.4, 0.5) is 11.4 Å². The zero-order valence-corrected chi connectivity index (χ0v) is 12.8. The molecule has 3 N–H and O–H groups in total. The maximum atomic E-state index is 11.2. The van der Waals surface area contributed by atoms with Gasteiger partial charge in [0.05, 0.1) is 15.3 Å². The van der Waals surface area contributed by atoms with Gasteiger partial charge in [-0.15, -0.1) is 11.3 Å². The molecule has 0 bridgehead atoms. The summed E-state index contributed by atoms with van der Waals surface area (Å²) >= 11 is 1.61. The molecule has 7 heteroatoms. The Kier molecular flexibility index (Phi) is 3.94. The maximum absolute atomic E-state index is 11.2. The number of nitro benzene ring substituents is 1. The normalized spacial score (nSPS) is 10.6. The predicted molar refractivity (Wildman–Crippen MR) is 90.8 cm³/mol. The minimum Gasteiger partial charge on any atom is -0.380 e. The van der Waals surface area contributed by atoms with Gasteiger partial charge in [0.2, 0.25) is 5.91 Å². The van der Waals surface area contributed by atoms with Gasteiger partial charge < -0.3 is 11.1 Å². The third-order valence-corrected chi connectivity index (χ3v) is 4.48. The number of hydrogen-bond acceptors (Lipinski definition) is 5. The Hall–Kier alpha value is -2.93. The van der Waals surface area contributed by atoms with Gasteiger partial charge in [0.25, 0.3) is 5.69 Å². The van der Waals surface area contributed by atoms with Crippen LogP contribution in [0.3, 0.4) is 0 Å². The summed E-state index contributed by atoms with van der Waals surface area (Å²) in [6.07, 6.45) is 0. The van der Waals surface area contributed by atoms with Gasteiger partial charge in [-0.1, -0.05) is 12.1 Å². The monoisotopic (exact) mass is 327 g/mol. The molecule has 3 rings (SSSR count). The molecule has 0 saturated carbocycles. The van der Waals surface area contributed by atoms with Crippen molar-refractivity contribution in [1.29, 1.82) is 0 Å². The SMILES string of the molecule is NC(=O)c1ccc(CNc2cccc3ccsc23)c([N+](=O)[O-])c1. The highest BCUT2D eigenvalue weighted by atomic mass is 32.1. The molecule has 0 unspecified atom stereocenters. The smallest absolute Gasteiger partial charge is 0.275 e. The number of hydrogen-bond donors (Lipinski definition) is 2. The average Bonchev–Trinajstić information content (AvgIpc) is 3.01. The van der Waals surface area contributed by atoms with E-state index >= 15 is 0 Å². The molecule has 0 saturated heterocycles. The van der Waals surface area contributed by atoms with Crippen LogP contribution in [0, 0.1) is 10.1 Å². The van der Waals surface area contributed by atoms with Crippen LogP contribution in [-0.2, 0) is 6.54 Å². The number of nitrogens with zero attached hydrogens (tertiary/aromatic N) is 1. The van der Waals surface area contributed by atoms with Gasteiger partial charge in [-0.3, -0.25) is 14.9 Å². The fourth-order valence-corrected chi connectivity index (χ4v) is 3.25. The third-order valence-electron chi connectivity index (χ3n) is 3.51. The van der Waals surface area contributed by atoms with Crippen LogP contribution in [-0.4, -0.2) is 10.8 Å². The topological polar surface area (TPSA) is 98.3 Å². The van der Waals surface area contributed by atoms with Gasteiger partial charge in [-0.25, -0.2) is 0 Å². The molecular weight excluding hydrogens is 314 g/mol. The van der Waals surface area contributed by atoms with Crippen molar-refractivity contribution in [2.75, 3.05) is 5.32 Å². The quantitative estimate of drug-likeness (QED) is 0.553. The van der Waals surface area contributed by atoms with Gasteiger partial charge in [0, 0.05) is 23.7 Å². The van der Waals surface area contributed by atoms with Crippen molar-refractivity contribution in [3.05, 3.63) is 69.1 Å². The van der Waals surface area contributed by atoms with E-state index in [0.29, 0.717) is 5.56 Å². The largest absolute Gasteiger partial charge is 0.380 e. The first kappa shape index (κ1) is 15.0. The van der Waals surface area contributed by atoms with Gasteiger partial charge >= 0.3 is 0 Å². The fourth-order valence-electron chi connectivity index (χ4n) is 2.36. The molecule has 0 radical (unpaired) electrons. The Bertz CT molecular complexity index is 904. The number of benzene rings is 2. The first-order valence-electron chi connectivity index (χ1n) is 6.83. The second-order valence-corrected chi connectivity index (χ2v) is 5.88. The first-order valence-corrected chi connectivity index (χ1v) is 7.71. The molecule has 0 fully saturated rings. The van der Waals surface area contributed by atoms with E-state index in [1.165, 1.54) is 12.1 Å². The lowest BCUT2D eigenvalue weighted by Gasteiger charge is -2.09. The van der Waals surface area contributed by atoms with E-state index in [4.69, 9.17) is 5.73 Å². The van der Waals surface area contributed by atoms with Crippen molar-refractivity contribution < 1.29 is 9.72 Å². The minimum atomic E-state index is -0.684. The van der Waals surface area contributed by atoms with E-state index in [2.05, 4.69) is 5.32 Å². The molecule has 0 atom stereocenters. The summed E-state index contributed by atoms with van der Waals surface area (Å²) in [6, 6.07) is 12.2. The molecule has 6 nitrogen and oxygen atoms in total. The molecule has 1 heterocycles. The molecule has 116 valence electrons. The van der Waals surface area contributed by atoms with Crippen molar-refractivity contribution in [3.63, 3.8) is 0 Å². The number of anilines is 1. The average molecular weight is 327 g/mol. The molecule has 3 aromatic rings. The molecule has 0 aliphatic rings. The molecule has 23 heavy (non-hydrogen) atoms. The number of carbonyl (C=O) groups excluding carboxylic acids is 1. The summed E-state index contributed by atoms with van der Waals surface area (Å²) < 4.78 is 1.10. The Balaban J connectivity index is 1.89. The minimum absolute atomic E-state index is 0.118. The van der Waals surface area contributed by atoms with E-state index in [-0.39, 0.29) is 17.8 Å². The zero-order valence-electron chi connectivity index (χ0n) is 12.0. The van der Waals surface area contributed by atoms with Crippen molar-refractivity contribution in [3.8, 4) is 0 Å². The number of rotatable bonds is 5. The van der Waals surface area contributed by atoms with Crippen molar-refractivity contribution in [2.45, 2.75) is 6.54 Å². The second-order valence-electron chi connectivity index (χ2n) is 4.96.